The van der Waals surface area contributed by atoms with E-state index in [9.17, 15) is 9.59 Å². The van der Waals surface area contributed by atoms with Crippen molar-refractivity contribution in [3.63, 3.8) is 0 Å². The highest BCUT2D eigenvalue weighted by Crippen LogP contribution is 2.24. The molecule has 3 aromatic rings. The van der Waals surface area contributed by atoms with Crippen molar-refractivity contribution in [1.82, 2.24) is 24.8 Å². The van der Waals surface area contributed by atoms with E-state index in [-0.39, 0.29) is 11.8 Å². The van der Waals surface area contributed by atoms with Crippen LogP contribution in [0.3, 0.4) is 0 Å². The summed E-state index contributed by atoms with van der Waals surface area (Å²) in [4.78, 5) is 45.0. The lowest BCUT2D eigenvalue weighted by Gasteiger charge is -2.38. The number of anilines is 2. The van der Waals surface area contributed by atoms with E-state index in [0.717, 1.165) is 30.0 Å². The maximum atomic E-state index is 13.3. The van der Waals surface area contributed by atoms with Crippen molar-refractivity contribution in [3.05, 3.63) is 66.9 Å². The van der Waals surface area contributed by atoms with Gasteiger partial charge in [-0.1, -0.05) is 6.07 Å². The molecule has 0 saturated carbocycles. The summed E-state index contributed by atoms with van der Waals surface area (Å²) in [5, 5.41) is 3.07. The molecule has 2 aliphatic rings. The molecule has 2 aromatic heterocycles. The van der Waals surface area contributed by atoms with Gasteiger partial charge in [-0.2, -0.15) is 0 Å². The Labute approximate surface area is 204 Å². The normalized spacial score (nSPS) is 18.5. The minimum atomic E-state index is -0.438. The van der Waals surface area contributed by atoms with E-state index in [1.54, 1.807) is 35.6 Å². The zero-order valence-corrected chi connectivity index (χ0v) is 19.8. The Morgan fingerprint density at radius 1 is 1.00 bits per heavy atom. The standard InChI is InChI=1S/C26H29N7O2/c1-31-11-12-33(26(35)19-7-8-29-23(13-19)20-15-27-18-28-16-20)17-24(31)25(34)30-21-5-4-6-22(14-21)32-9-2-3-10-32/h4-8,13-16,18,24H,2-3,9-12,17H2,1H3,(H,30,34)/t24-/m1/s1. The number of nitrogens with zero attached hydrogens (tertiary/aromatic N) is 6. The summed E-state index contributed by atoms with van der Waals surface area (Å²) in [5.74, 6) is -0.229. The van der Waals surface area contributed by atoms with Crippen LogP contribution in [0.15, 0.2) is 61.3 Å². The monoisotopic (exact) mass is 471 g/mol. The molecule has 2 aliphatic heterocycles. The maximum absolute atomic E-state index is 13.3. The Hall–Kier alpha value is -3.85. The van der Waals surface area contributed by atoms with E-state index < -0.39 is 6.04 Å². The van der Waals surface area contributed by atoms with Crippen LogP contribution in [0.5, 0.6) is 0 Å². The van der Waals surface area contributed by atoms with Crippen molar-refractivity contribution in [2.75, 3.05) is 50.0 Å². The molecule has 0 aliphatic carbocycles. The molecule has 2 saturated heterocycles. The third kappa shape index (κ3) is 5.14. The van der Waals surface area contributed by atoms with Crippen LogP contribution in [0.1, 0.15) is 23.2 Å². The lowest BCUT2D eigenvalue weighted by molar-refractivity contribution is -0.122. The second-order valence-corrected chi connectivity index (χ2v) is 9.04. The molecule has 2 fully saturated rings. The van der Waals surface area contributed by atoms with Gasteiger partial charge in [0.15, 0.2) is 0 Å². The molecular formula is C26H29N7O2. The predicted octanol–water partition coefficient (Wildman–Crippen LogP) is 2.53. The van der Waals surface area contributed by atoms with E-state index in [1.807, 2.05) is 30.1 Å². The van der Waals surface area contributed by atoms with Gasteiger partial charge in [-0.05, 0) is 50.2 Å². The molecule has 35 heavy (non-hydrogen) atoms. The van der Waals surface area contributed by atoms with Gasteiger partial charge in [0.05, 0.1) is 5.69 Å². The van der Waals surface area contributed by atoms with Gasteiger partial charge >= 0.3 is 0 Å². The Bertz CT molecular complexity index is 1200. The summed E-state index contributed by atoms with van der Waals surface area (Å²) in [6, 6.07) is 11.0. The third-order valence-corrected chi connectivity index (χ3v) is 6.69. The Morgan fingerprint density at radius 2 is 1.80 bits per heavy atom. The number of hydrogen-bond donors (Lipinski definition) is 1. The number of likely N-dealkylation sites (N-methyl/N-ethyl adjacent to an activating group) is 1. The van der Waals surface area contributed by atoms with Gasteiger partial charge in [0.25, 0.3) is 5.91 Å². The number of aromatic nitrogens is 3. The van der Waals surface area contributed by atoms with Gasteiger partial charge in [0.1, 0.15) is 12.4 Å². The lowest BCUT2D eigenvalue weighted by Crippen LogP contribution is -2.57. The first-order valence-corrected chi connectivity index (χ1v) is 12.0. The van der Waals surface area contributed by atoms with Crippen molar-refractivity contribution in [3.8, 4) is 11.3 Å². The molecular weight excluding hydrogens is 442 g/mol. The minimum Gasteiger partial charge on any atom is -0.371 e. The molecule has 1 aromatic carbocycles. The smallest absolute Gasteiger partial charge is 0.254 e. The topological polar surface area (TPSA) is 94.6 Å². The fourth-order valence-electron chi connectivity index (χ4n) is 4.66. The van der Waals surface area contributed by atoms with Crippen molar-refractivity contribution in [2.45, 2.75) is 18.9 Å². The van der Waals surface area contributed by atoms with Gasteiger partial charge in [-0.15, -0.1) is 0 Å². The summed E-state index contributed by atoms with van der Waals surface area (Å²) in [5.41, 5.74) is 3.82. The highest BCUT2D eigenvalue weighted by molar-refractivity contribution is 5.98. The van der Waals surface area contributed by atoms with E-state index in [0.29, 0.717) is 30.9 Å². The Morgan fingerprint density at radius 3 is 2.60 bits per heavy atom. The zero-order chi connectivity index (χ0) is 24.2. The predicted molar refractivity (Wildman–Crippen MR) is 134 cm³/mol. The third-order valence-electron chi connectivity index (χ3n) is 6.69. The van der Waals surface area contributed by atoms with Crippen molar-refractivity contribution >= 4 is 23.2 Å². The summed E-state index contributed by atoms with van der Waals surface area (Å²) < 4.78 is 0. The Balaban J connectivity index is 1.28. The van der Waals surface area contributed by atoms with Crippen molar-refractivity contribution in [2.24, 2.45) is 0 Å². The molecule has 4 heterocycles. The highest BCUT2D eigenvalue weighted by atomic mass is 16.2. The average Bonchev–Trinajstić information content (AvgIpc) is 3.45. The van der Waals surface area contributed by atoms with E-state index in [1.165, 1.54) is 19.2 Å². The molecule has 0 spiro atoms. The molecule has 0 radical (unpaired) electrons. The fourth-order valence-corrected chi connectivity index (χ4v) is 4.66. The molecule has 0 unspecified atom stereocenters. The van der Waals surface area contributed by atoms with Crippen LogP contribution in [0, 0.1) is 0 Å². The van der Waals surface area contributed by atoms with Crippen LogP contribution in [-0.4, -0.2) is 82.4 Å². The molecule has 1 atom stereocenters. The second kappa shape index (κ2) is 10.2. The van der Waals surface area contributed by atoms with Crippen molar-refractivity contribution in [1.29, 1.82) is 0 Å². The van der Waals surface area contributed by atoms with Crippen LogP contribution in [0.25, 0.3) is 11.3 Å². The van der Waals surface area contributed by atoms with Gasteiger partial charge in [0.2, 0.25) is 5.91 Å². The van der Waals surface area contributed by atoms with Gasteiger partial charge in [-0.3, -0.25) is 19.5 Å². The Kier molecular flexibility index (Phi) is 6.67. The first kappa shape index (κ1) is 22.9. The number of pyridine rings is 1. The van der Waals surface area contributed by atoms with Crippen LogP contribution in [0.4, 0.5) is 11.4 Å². The highest BCUT2D eigenvalue weighted by Gasteiger charge is 2.33. The number of amides is 2. The molecule has 1 N–H and O–H groups in total. The first-order chi connectivity index (χ1) is 17.1. The summed E-state index contributed by atoms with van der Waals surface area (Å²) >= 11 is 0. The summed E-state index contributed by atoms with van der Waals surface area (Å²) in [7, 11) is 1.92. The molecule has 5 rings (SSSR count). The largest absolute Gasteiger partial charge is 0.371 e. The molecule has 9 heteroatoms. The molecule has 9 nitrogen and oxygen atoms in total. The number of nitrogens with one attached hydrogen (secondary N) is 1. The van der Waals surface area contributed by atoms with Gasteiger partial charge in [-0.25, -0.2) is 9.97 Å². The molecule has 0 bridgehead atoms. The maximum Gasteiger partial charge on any atom is 0.254 e. The van der Waals surface area contributed by atoms with Crippen LogP contribution in [-0.2, 0) is 4.79 Å². The number of carbonyl (C=O) groups is 2. The zero-order valence-electron chi connectivity index (χ0n) is 19.8. The lowest BCUT2D eigenvalue weighted by atomic mass is 10.1. The van der Waals surface area contributed by atoms with Gasteiger partial charge in [0, 0.05) is 73.8 Å². The minimum absolute atomic E-state index is 0.111. The second-order valence-electron chi connectivity index (χ2n) is 9.04. The van der Waals surface area contributed by atoms with Crippen LogP contribution < -0.4 is 10.2 Å². The molecule has 180 valence electrons. The van der Waals surface area contributed by atoms with Crippen LogP contribution in [0.2, 0.25) is 0 Å². The van der Waals surface area contributed by atoms with E-state index >= 15 is 0 Å². The number of piperazine rings is 1. The summed E-state index contributed by atoms with van der Waals surface area (Å²) in [6.45, 7) is 3.58. The quantitative estimate of drug-likeness (QED) is 0.611. The fraction of sp³-hybridized carbons (Fsp3) is 0.346. The van der Waals surface area contributed by atoms with Crippen LogP contribution >= 0.6 is 0 Å². The van der Waals surface area contributed by atoms with E-state index in [4.69, 9.17) is 0 Å². The number of carbonyl (C=O) groups excluding carboxylic acids is 2. The average molecular weight is 472 g/mol. The van der Waals surface area contributed by atoms with Gasteiger partial charge < -0.3 is 15.1 Å². The first-order valence-electron chi connectivity index (χ1n) is 12.0. The number of hydrogen-bond acceptors (Lipinski definition) is 7. The SMILES string of the molecule is CN1CCN(C(=O)c2ccnc(-c3cncnc3)c2)C[C@@H]1C(=O)Nc1cccc(N2CCCC2)c1. The van der Waals surface area contributed by atoms with Crippen molar-refractivity contribution < 1.29 is 9.59 Å². The summed E-state index contributed by atoms with van der Waals surface area (Å²) in [6.07, 6.45) is 8.80. The van der Waals surface area contributed by atoms with E-state index in [2.05, 4.69) is 31.2 Å². The number of benzene rings is 1. The number of rotatable bonds is 5. The molecule has 2 amide bonds.